The molecule has 3 N–H and O–H groups in total. The van der Waals surface area contributed by atoms with Gasteiger partial charge in [-0.2, -0.15) is 0 Å². The van der Waals surface area contributed by atoms with Crippen molar-refractivity contribution in [1.29, 1.82) is 0 Å². The van der Waals surface area contributed by atoms with Crippen LogP contribution in [0.15, 0.2) is 24.3 Å². The van der Waals surface area contributed by atoms with Crippen molar-refractivity contribution in [1.82, 2.24) is 5.32 Å². The SMILES string of the molecule is CC(C)CC(NC(=O)CCC(C)N)c1ccc(Cl)cc1.Cl. The van der Waals surface area contributed by atoms with Crippen LogP contribution >= 0.6 is 24.0 Å². The average Bonchev–Trinajstić information content (AvgIpc) is 2.36. The van der Waals surface area contributed by atoms with Crippen molar-refractivity contribution in [3.05, 3.63) is 34.9 Å². The number of nitrogens with one attached hydrogen (secondary N) is 1. The lowest BCUT2D eigenvalue weighted by molar-refractivity contribution is -0.122. The van der Waals surface area contributed by atoms with E-state index in [1.165, 1.54) is 0 Å². The summed E-state index contributed by atoms with van der Waals surface area (Å²) in [4.78, 5) is 12.0. The molecule has 0 saturated heterocycles. The van der Waals surface area contributed by atoms with Gasteiger partial charge < -0.3 is 11.1 Å². The second kappa shape index (κ2) is 10.0. The normalized spacial score (nSPS) is 13.4. The first kappa shape index (κ1) is 20.2. The zero-order chi connectivity index (χ0) is 15.1. The maximum Gasteiger partial charge on any atom is 0.220 e. The zero-order valence-electron chi connectivity index (χ0n) is 12.9. The molecule has 1 rings (SSSR count). The molecule has 0 radical (unpaired) electrons. The molecule has 1 amide bonds. The average molecular weight is 333 g/mol. The fourth-order valence-corrected chi connectivity index (χ4v) is 2.20. The summed E-state index contributed by atoms with van der Waals surface area (Å²) in [6.45, 7) is 6.21. The lowest BCUT2D eigenvalue weighted by atomic mass is 9.96. The molecule has 0 saturated carbocycles. The van der Waals surface area contributed by atoms with E-state index < -0.39 is 0 Å². The van der Waals surface area contributed by atoms with E-state index in [1.54, 1.807) is 0 Å². The largest absolute Gasteiger partial charge is 0.349 e. The summed E-state index contributed by atoms with van der Waals surface area (Å²) in [6.07, 6.45) is 2.09. The van der Waals surface area contributed by atoms with Crippen molar-refractivity contribution in [3.63, 3.8) is 0 Å². The number of nitrogens with two attached hydrogens (primary N) is 1. The first-order chi connectivity index (χ1) is 9.38. The van der Waals surface area contributed by atoms with E-state index >= 15 is 0 Å². The van der Waals surface area contributed by atoms with Crippen LogP contribution in [0.25, 0.3) is 0 Å². The molecule has 2 unspecified atom stereocenters. The van der Waals surface area contributed by atoms with Gasteiger partial charge in [-0.25, -0.2) is 0 Å². The van der Waals surface area contributed by atoms with Crippen LogP contribution in [0.1, 0.15) is 51.6 Å². The number of rotatable bonds is 7. The molecule has 0 heterocycles. The van der Waals surface area contributed by atoms with Crippen molar-refractivity contribution in [2.45, 2.75) is 52.1 Å². The Morgan fingerprint density at radius 3 is 2.29 bits per heavy atom. The van der Waals surface area contributed by atoms with Crippen LogP contribution < -0.4 is 11.1 Å². The topological polar surface area (TPSA) is 55.1 Å². The molecule has 0 spiro atoms. The minimum atomic E-state index is 0. The van der Waals surface area contributed by atoms with E-state index in [4.69, 9.17) is 17.3 Å². The van der Waals surface area contributed by atoms with Crippen molar-refractivity contribution in [3.8, 4) is 0 Å². The van der Waals surface area contributed by atoms with Gasteiger partial charge in [0.1, 0.15) is 0 Å². The van der Waals surface area contributed by atoms with Gasteiger partial charge in [0, 0.05) is 17.5 Å². The van der Waals surface area contributed by atoms with Crippen LogP contribution in [0.5, 0.6) is 0 Å². The van der Waals surface area contributed by atoms with Crippen LogP contribution in [0.3, 0.4) is 0 Å². The summed E-state index contributed by atoms with van der Waals surface area (Å²) in [7, 11) is 0. The number of halogens is 2. The summed E-state index contributed by atoms with van der Waals surface area (Å²) in [6, 6.07) is 7.76. The summed E-state index contributed by atoms with van der Waals surface area (Å²) in [5.41, 5.74) is 6.78. The Morgan fingerprint density at radius 2 is 1.81 bits per heavy atom. The summed E-state index contributed by atoms with van der Waals surface area (Å²) in [5, 5.41) is 3.81. The first-order valence-corrected chi connectivity index (χ1v) is 7.56. The Morgan fingerprint density at radius 1 is 1.24 bits per heavy atom. The van der Waals surface area contributed by atoms with E-state index in [2.05, 4.69) is 19.2 Å². The third-order valence-electron chi connectivity index (χ3n) is 3.14. The molecule has 0 bridgehead atoms. The smallest absolute Gasteiger partial charge is 0.220 e. The van der Waals surface area contributed by atoms with Gasteiger partial charge in [0.2, 0.25) is 5.91 Å². The van der Waals surface area contributed by atoms with Gasteiger partial charge in [-0.3, -0.25) is 4.79 Å². The van der Waals surface area contributed by atoms with Crippen molar-refractivity contribution in [2.24, 2.45) is 11.7 Å². The minimum Gasteiger partial charge on any atom is -0.349 e. The number of carbonyl (C=O) groups is 1. The quantitative estimate of drug-likeness (QED) is 0.789. The molecule has 0 aliphatic carbocycles. The summed E-state index contributed by atoms with van der Waals surface area (Å²) in [5.74, 6) is 0.562. The lowest BCUT2D eigenvalue weighted by Crippen LogP contribution is -2.30. The van der Waals surface area contributed by atoms with E-state index in [9.17, 15) is 4.79 Å². The molecule has 1 aromatic carbocycles. The highest BCUT2D eigenvalue weighted by molar-refractivity contribution is 6.30. The van der Waals surface area contributed by atoms with E-state index in [-0.39, 0.29) is 30.4 Å². The van der Waals surface area contributed by atoms with Gasteiger partial charge in [-0.05, 0) is 43.4 Å². The van der Waals surface area contributed by atoms with Gasteiger partial charge in [0.25, 0.3) is 0 Å². The number of carbonyl (C=O) groups excluding carboxylic acids is 1. The Bertz CT molecular complexity index is 419. The predicted molar refractivity (Wildman–Crippen MR) is 91.9 cm³/mol. The second-order valence-corrected chi connectivity index (χ2v) is 6.25. The molecule has 0 aliphatic heterocycles. The fourth-order valence-electron chi connectivity index (χ4n) is 2.07. The monoisotopic (exact) mass is 332 g/mol. The molecular formula is C16H26Cl2N2O. The number of hydrogen-bond acceptors (Lipinski definition) is 2. The van der Waals surface area contributed by atoms with E-state index in [1.807, 2.05) is 31.2 Å². The Hall–Kier alpha value is -0.770. The molecule has 21 heavy (non-hydrogen) atoms. The van der Waals surface area contributed by atoms with Crippen LogP contribution in [0, 0.1) is 5.92 Å². The maximum absolute atomic E-state index is 12.0. The number of amides is 1. The summed E-state index contributed by atoms with van der Waals surface area (Å²) < 4.78 is 0. The minimum absolute atomic E-state index is 0. The van der Waals surface area contributed by atoms with Gasteiger partial charge in [0.15, 0.2) is 0 Å². The molecule has 3 nitrogen and oxygen atoms in total. The second-order valence-electron chi connectivity index (χ2n) is 5.82. The molecule has 1 aromatic rings. The molecule has 5 heteroatoms. The highest BCUT2D eigenvalue weighted by atomic mass is 35.5. The van der Waals surface area contributed by atoms with Gasteiger partial charge >= 0.3 is 0 Å². The van der Waals surface area contributed by atoms with Gasteiger partial charge in [-0.15, -0.1) is 12.4 Å². The highest BCUT2D eigenvalue weighted by Gasteiger charge is 2.16. The van der Waals surface area contributed by atoms with Crippen molar-refractivity contribution in [2.75, 3.05) is 0 Å². The zero-order valence-corrected chi connectivity index (χ0v) is 14.5. The third kappa shape index (κ3) is 8.30. The Labute approximate surface area is 139 Å². The van der Waals surface area contributed by atoms with Crippen LogP contribution in [0.4, 0.5) is 0 Å². The van der Waals surface area contributed by atoms with Crippen LogP contribution in [-0.2, 0) is 4.79 Å². The maximum atomic E-state index is 12.0. The van der Waals surface area contributed by atoms with Gasteiger partial charge in [0.05, 0.1) is 6.04 Å². The molecule has 0 aromatic heterocycles. The summed E-state index contributed by atoms with van der Waals surface area (Å²) >= 11 is 5.91. The molecule has 2 atom stereocenters. The molecule has 120 valence electrons. The fraction of sp³-hybridized carbons (Fsp3) is 0.562. The van der Waals surface area contributed by atoms with Crippen LogP contribution in [-0.4, -0.2) is 11.9 Å². The van der Waals surface area contributed by atoms with Crippen LogP contribution in [0.2, 0.25) is 5.02 Å². The predicted octanol–water partition coefficient (Wildman–Crippen LogP) is 4.09. The molecule has 0 aliphatic rings. The Kier molecular flexibility index (Phi) is 9.67. The molecular weight excluding hydrogens is 307 g/mol. The molecule has 0 fully saturated rings. The first-order valence-electron chi connectivity index (χ1n) is 7.19. The van der Waals surface area contributed by atoms with E-state index in [0.29, 0.717) is 23.8 Å². The number of benzene rings is 1. The number of hydrogen-bond donors (Lipinski definition) is 2. The highest BCUT2D eigenvalue weighted by Crippen LogP contribution is 2.23. The van der Waals surface area contributed by atoms with E-state index in [0.717, 1.165) is 12.0 Å². The van der Waals surface area contributed by atoms with Crippen molar-refractivity contribution >= 4 is 29.9 Å². The third-order valence-corrected chi connectivity index (χ3v) is 3.39. The standard InChI is InChI=1S/C16H25ClN2O.ClH/c1-11(2)10-15(13-5-7-14(17)8-6-13)19-16(20)9-4-12(3)18;/h5-8,11-12,15H,4,9-10,18H2,1-3H3,(H,19,20);1H. The lowest BCUT2D eigenvalue weighted by Gasteiger charge is -2.21. The Balaban J connectivity index is 0.00000400. The van der Waals surface area contributed by atoms with Crippen molar-refractivity contribution < 1.29 is 4.79 Å². The van der Waals surface area contributed by atoms with Gasteiger partial charge in [-0.1, -0.05) is 37.6 Å².